The minimum Gasteiger partial charge on any atom is -0.378 e. The van der Waals surface area contributed by atoms with Crippen molar-refractivity contribution < 1.29 is 19.2 Å². The minimum atomic E-state index is -0.259. The van der Waals surface area contributed by atoms with E-state index in [0.29, 0.717) is 43.8 Å². The van der Waals surface area contributed by atoms with Gasteiger partial charge in [-0.25, -0.2) is 5.48 Å². The molecule has 168 valence electrons. The Hall–Kier alpha value is -2.64. The van der Waals surface area contributed by atoms with Gasteiger partial charge in [-0.2, -0.15) is 0 Å². The molecule has 1 unspecified atom stereocenters. The molecule has 3 rings (SSSR count). The molecule has 6 nitrogen and oxygen atoms in total. The Morgan fingerprint density at radius 2 is 1.97 bits per heavy atom. The average Bonchev–Trinajstić information content (AvgIpc) is 2.80. The summed E-state index contributed by atoms with van der Waals surface area (Å²) in [6, 6.07) is 13.5. The highest BCUT2D eigenvalue weighted by atomic mass is 16.6. The van der Waals surface area contributed by atoms with Gasteiger partial charge >= 0.3 is 0 Å². The molecule has 2 amide bonds. The first kappa shape index (κ1) is 24.0. The van der Waals surface area contributed by atoms with Crippen molar-refractivity contribution in [2.45, 2.75) is 38.5 Å². The molecule has 1 aliphatic rings. The number of morpholine rings is 1. The largest absolute Gasteiger partial charge is 0.378 e. The Labute approximate surface area is 191 Å². The van der Waals surface area contributed by atoms with Gasteiger partial charge in [0.05, 0.1) is 20.3 Å². The summed E-state index contributed by atoms with van der Waals surface area (Å²) in [5.74, 6) is 0.0248. The fourth-order valence-corrected chi connectivity index (χ4v) is 4.16. The third kappa shape index (κ3) is 6.68. The molecule has 2 radical (unpaired) electrons. The monoisotopic (exact) mass is 434 g/mol. The van der Waals surface area contributed by atoms with E-state index in [2.05, 4.69) is 11.5 Å². The van der Waals surface area contributed by atoms with Gasteiger partial charge in [0.15, 0.2) is 0 Å². The Balaban J connectivity index is 1.64. The molecule has 1 heterocycles. The lowest BCUT2D eigenvalue weighted by atomic mass is 9.85. The molecule has 0 spiro atoms. The molecule has 2 aromatic rings. The third-order valence-electron chi connectivity index (χ3n) is 5.97. The van der Waals surface area contributed by atoms with Gasteiger partial charge < -0.3 is 9.64 Å². The van der Waals surface area contributed by atoms with Crippen LogP contribution >= 0.6 is 0 Å². The Bertz CT molecular complexity index is 928. The fraction of sp³-hybridized carbons (Fsp3) is 0.440. The summed E-state index contributed by atoms with van der Waals surface area (Å²) < 4.78 is 5.37. The van der Waals surface area contributed by atoms with Gasteiger partial charge in [0.1, 0.15) is 7.85 Å². The Morgan fingerprint density at radius 3 is 2.66 bits per heavy atom. The zero-order valence-electron chi connectivity index (χ0n) is 18.9. The van der Waals surface area contributed by atoms with E-state index in [9.17, 15) is 9.59 Å². The number of hydrogen-bond donors (Lipinski definition) is 1. The number of aryl methyl sites for hydroxylation is 2. The fourth-order valence-electron chi connectivity index (χ4n) is 4.16. The maximum absolute atomic E-state index is 12.9. The van der Waals surface area contributed by atoms with E-state index in [1.807, 2.05) is 48.2 Å². The van der Waals surface area contributed by atoms with Crippen LogP contribution in [0.2, 0.25) is 0 Å². The quantitative estimate of drug-likeness (QED) is 0.487. The summed E-state index contributed by atoms with van der Waals surface area (Å²) in [6.07, 6.45) is 3.16. The second kappa shape index (κ2) is 11.8. The summed E-state index contributed by atoms with van der Waals surface area (Å²) in [5.41, 5.74) is 7.00. The Morgan fingerprint density at radius 1 is 1.19 bits per heavy atom. The van der Waals surface area contributed by atoms with Gasteiger partial charge in [0, 0.05) is 25.1 Å². The number of hydroxylamine groups is 1. The molecule has 1 N–H and O–H groups in total. The standard InChI is InChI=1S/C25H31BN2O4/c1-18-15-22(25(30)27-31-2)10-9-19(18)5-3-6-21(20-7-4-8-23(26)16-20)17-24(29)28-11-13-32-14-12-28/h4,7-10,15-16,21H,3,5-6,11-14,17H2,1-2H3,(H,27,30). The van der Waals surface area contributed by atoms with Crippen LogP contribution in [-0.2, 0) is 20.8 Å². The molecule has 0 aromatic heterocycles. The molecule has 0 bridgehead atoms. The highest BCUT2D eigenvalue weighted by Crippen LogP contribution is 2.27. The van der Waals surface area contributed by atoms with Crippen LogP contribution < -0.4 is 10.9 Å². The first-order chi connectivity index (χ1) is 15.5. The lowest BCUT2D eigenvalue weighted by Gasteiger charge is -2.29. The SMILES string of the molecule is [B]c1cccc(C(CCCc2ccc(C(=O)NOC)cc2C)CC(=O)N2CCOCC2)c1. The van der Waals surface area contributed by atoms with Gasteiger partial charge in [0.25, 0.3) is 5.91 Å². The summed E-state index contributed by atoms with van der Waals surface area (Å²) in [7, 11) is 7.43. The Kier molecular flexibility index (Phi) is 8.88. The normalized spacial score (nSPS) is 14.8. The van der Waals surface area contributed by atoms with Crippen LogP contribution in [0.15, 0.2) is 42.5 Å². The predicted molar refractivity (Wildman–Crippen MR) is 125 cm³/mol. The maximum Gasteiger partial charge on any atom is 0.274 e. The van der Waals surface area contributed by atoms with Crippen LogP contribution in [0.3, 0.4) is 0 Å². The van der Waals surface area contributed by atoms with E-state index in [1.54, 1.807) is 0 Å². The second-order valence-corrected chi connectivity index (χ2v) is 8.23. The van der Waals surface area contributed by atoms with Crippen molar-refractivity contribution in [1.82, 2.24) is 10.4 Å². The van der Waals surface area contributed by atoms with Crippen LogP contribution in [0.4, 0.5) is 0 Å². The summed E-state index contributed by atoms with van der Waals surface area (Å²) in [5, 5.41) is 0. The van der Waals surface area contributed by atoms with E-state index in [4.69, 9.17) is 17.4 Å². The number of nitrogens with one attached hydrogen (secondary N) is 1. The molecule has 0 saturated carbocycles. The first-order valence-electron chi connectivity index (χ1n) is 11.1. The van der Waals surface area contributed by atoms with Crippen molar-refractivity contribution in [3.8, 4) is 0 Å². The lowest BCUT2D eigenvalue weighted by molar-refractivity contribution is -0.135. The number of amides is 2. The molecule has 1 aliphatic heterocycles. The highest BCUT2D eigenvalue weighted by Gasteiger charge is 2.22. The van der Waals surface area contributed by atoms with Gasteiger partial charge in [-0.15, -0.1) is 0 Å². The van der Waals surface area contributed by atoms with Crippen molar-refractivity contribution in [1.29, 1.82) is 0 Å². The molecule has 32 heavy (non-hydrogen) atoms. The van der Waals surface area contributed by atoms with Gasteiger partial charge in [-0.05, 0) is 60.9 Å². The van der Waals surface area contributed by atoms with Crippen LogP contribution in [0.1, 0.15) is 52.2 Å². The second-order valence-electron chi connectivity index (χ2n) is 8.23. The van der Waals surface area contributed by atoms with Crippen LogP contribution in [0.5, 0.6) is 0 Å². The highest BCUT2D eigenvalue weighted by molar-refractivity contribution is 6.32. The molecular formula is C25H31BN2O4. The van der Waals surface area contributed by atoms with Crippen LogP contribution in [-0.4, -0.2) is 58.0 Å². The topological polar surface area (TPSA) is 67.9 Å². The zero-order valence-corrected chi connectivity index (χ0v) is 18.9. The molecular weight excluding hydrogens is 403 g/mol. The van der Waals surface area contributed by atoms with Crippen molar-refractivity contribution in [2.75, 3.05) is 33.4 Å². The van der Waals surface area contributed by atoms with E-state index in [0.717, 1.165) is 30.4 Å². The van der Waals surface area contributed by atoms with E-state index < -0.39 is 0 Å². The molecule has 0 aliphatic carbocycles. The van der Waals surface area contributed by atoms with E-state index in [-0.39, 0.29) is 17.7 Å². The summed E-state index contributed by atoms with van der Waals surface area (Å²) in [4.78, 5) is 31.4. The molecule has 1 saturated heterocycles. The molecule has 1 atom stereocenters. The summed E-state index contributed by atoms with van der Waals surface area (Å²) in [6.45, 7) is 4.53. The van der Waals surface area contributed by atoms with Gasteiger partial charge in [0.2, 0.25) is 5.91 Å². The number of ether oxygens (including phenoxy) is 1. The molecule has 7 heteroatoms. The van der Waals surface area contributed by atoms with E-state index in [1.165, 1.54) is 12.7 Å². The van der Waals surface area contributed by atoms with Crippen LogP contribution in [0.25, 0.3) is 0 Å². The average molecular weight is 434 g/mol. The number of hydrogen-bond acceptors (Lipinski definition) is 4. The zero-order chi connectivity index (χ0) is 22.9. The predicted octanol–water partition coefficient (Wildman–Crippen LogP) is 2.44. The summed E-state index contributed by atoms with van der Waals surface area (Å²) >= 11 is 0. The van der Waals surface area contributed by atoms with Crippen LogP contribution in [0, 0.1) is 6.92 Å². The van der Waals surface area contributed by atoms with Crippen molar-refractivity contribution in [2.24, 2.45) is 0 Å². The number of nitrogens with zero attached hydrogens (tertiary/aromatic N) is 1. The van der Waals surface area contributed by atoms with Crippen molar-refractivity contribution in [3.05, 3.63) is 64.7 Å². The number of carbonyl (C=O) groups excluding carboxylic acids is 2. The van der Waals surface area contributed by atoms with Crippen molar-refractivity contribution >= 4 is 25.1 Å². The maximum atomic E-state index is 12.9. The number of benzene rings is 2. The third-order valence-corrected chi connectivity index (χ3v) is 5.97. The number of carbonyl (C=O) groups is 2. The van der Waals surface area contributed by atoms with Gasteiger partial charge in [-0.1, -0.05) is 35.8 Å². The molecule has 2 aromatic carbocycles. The molecule has 1 fully saturated rings. The van der Waals surface area contributed by atoms with Crippen molar-refractivity contribution in [3.63, 3.8) is 0 Å². The minimum absolute atomic E-state index is 0.112. The van der Waals surface area contributed by atoms with Gasteiger partial charge in [-0.3, -0.25) is 14.4 Å². The number of rotatable bonds is 9. The van der Waals surface area contributed by atoms with E-state index >= 15 is 0 Å². The smallest absolute Gasteiger partial charge is 0.274 e. The first-order valence-corrected chi connectivity index (χ1v) is 11.1. The lowest BCUT2D eigenvalue weighted by Crippen LogP contribution is -2.41.